The molecule has 0 saturated carbocycles. The number of aliphatic hydroxyl groups is 1. The molecule has 0 aliphatic carbocycles. The van der Waals surface area contributed by atoms with Crippen molar-refractivity contribution in [2.24, 2.45) is 0 Å². The SMILES string of the molecule is CN(CC1(O)CCOCC1)S(=O)(=O)c1c[nH]c(=O)[nH]c1=O. The monoisotopic (exact) mass is 319 g/mol. The topological polar surface area (TPSA) is 133 Å². The number of hydrogen-bond acceptors (Lipinski definition) is 6. The van der Waals surface area contributed by atoms with Crippen LogP contribution in [0.3, 0.4) is 0 Å². The van der Waals surface area contributed by atoms with E-state index in [1.54, 1.807) is 0 Å². The molecule has 10 heteroatoms. The number of aromatic amines is 2. The van der Waals surface area contributed by atoms with Gasteiger partial charge in [-0.25, -0.2) is 13.2 Å². The summed E-state index contributed by atoms with van der Waals surface area (Å²) in [4.78, 5) is 25.9. The van der Waals surface area contributed by atoms with E-state index < -0.39 is 31.8 Å². The number of nitrogens with one attached hydrogen (secondary N) is 2. The Morgan fingerprint density at radius 2 is 2.00 bits per heavy atom. The summed E-state index contributed by atoms with van der Waals surface area (Å²) < 4.78 is 30.7. The highest BCUT2D eigenvalue weighted by Gasteiger charge is 2.35. The van der Waals surface area contributed by atoms with Gasteiger partial charge in [0.15, 0.2) is 4.90 Å². The second kappa shape index (κ2) is 5.72. The maximum absolute atomic E-state index is 12.3. The lowest BCUT2D eigenvalue weighted by Gasteiger charge is -2.34. The van der Waals surface area contributed by atoms with E-state index in [1.165, 1.54) is 7.05 Å². The first-order valence-electron chi connectivity index (χ1n) is 6.33. The molecule has 0 atom stereocenters. The molecule has 1 aliphatic rings. The molecule has 3 N–H and O–H groups in total. The number of nitrogens with zero attached hydrogens (tertiary/aromatic N) is 1. The molecule has 1 saturated heterocycles. The molecular formula is C11H17N3O6S. The lowest BCUT2D eigenvalue weighted by Crippen LogP contribution is -2.48. The van der Waals surface area contributed by atoms with Gasteiger partial charge in [-0.2, -0.15) is 4.31 Å². The highest BCUT2D eigenvalue weighted by atomic mass is 32.2. The first kappa shape index (κ1) is 15.9. The van der Waals surface area contributed by atoms with Gasteiger partial charge >= 0.3 is 5.69 Å². The number of hydrogen-bond donors (Lipinski definition) is 3. The molecule has 0 amide bonds. The Balaban J connectivity index is 2.26. The summed E-state index contributed by atoms with van der Waals surface area (Å²) in [6.45, 7) is 0.546. The number of ether oxygens (including phenoxy) is 1. The van der Waals surface area contributed by atoms with E-state index in [4.69, 9.17) is 4.74 Å². The molecule has 9 nitrogen and oxygen atoms in total. The Labute approximate surface area is 120 Å². The van der Waals surface area contributed by atoms with Crippen LogP contribution in [0.15, 0.2) is 20.7 Å². The Bertz CT molecular complexity index is 716. The van der Waals surface area contributed by atoms with Gasteiger partial charge in [0.05, 0.1) is 5.60 Å². The zero-order valence-electron chi connectivity index (χ0n) is 11.5. The van der Waals surface area contributed by atoms with Gasteiger partial charge in [0.25, 0.3) is 5.56 Å². The van der Waals surface area contributed by atoms with Crippen LogP contribution < -0.4 is 11.2 Å². The highest BCUT2D eigenvalue weighted by molar-refractivity contribution is 7.89. The third-order valence-electron chi connectivity index (χ3n) is 3.41. The van der Waals surface area contributed by atoms with Crippen molar-refractivity contribution in [1.82, 2.24) is 14.3 Å². The average Bonchev–Trinajstić information content (AvgIpc) is 2.38. The van der Waals surface area contributed by atoms with Crippen LogP contribution >= 0.6 is 0 Å². The standard InChI is InChI=1S/C11H17N3O6S/c1-14(7-11(17)2-4-20-5-3-11)21(18,19)8-6-12-10(16)13-9(8)15/h6,17H,2-5,7H2,1H3,(H2,12,13,15,16). The van der Waals surface area contributed by atoms with Gasteiger partial charge in [0.2, 0.25) is 10.0 Å². The first-order chi connectivity index (χ1) is 9.74. The minimum absolute atomic E-state index is 0.155. The van der Waals surface area contributed by atoms with Crippen molar-refractivity contribution in [3.8, 4) is 0 Å². The van der Waals surface area contributed by atoms with Crippen LogP contribution in [-0.4, -0.2) is 60.2 Å². The van der Waals surface area contributed by atoms with Gasteiger partial charge in [0, 0.05) is 45.8 Å². The quantitative estimate of drug-likeness (QED) is 0.601. The molecule has 0 spiro atoms. The third-order valence-corrected chi connectivity index (χ3v) is 5.22. The predicted molar refractivity (Wildman–Crippen MR) is 72.5 cm³/mol. The Morgan fingerprint density at radius 1 is 1.38 bits per heavy atom. The van der Waals surface area contributed by atoms with Crippen LogP contribution in [0.5, 0.6) is 0 Å². The maximum Gasteiger partial charge on any atom is 0.325 e. The zero-order chi connectivity index (χ0) is 15.7. The van der Waals surface area contributed by atoms with Gasteiger partial charge in [-0.3, -0.25) is 9.78 Å². The van der Waals surface area contributed by atoms with Gasteiger partial charge in [-0.05, 0) is 0 Å². The van der Waals surface area contributed by atoms with Crippen LogP contribution in [0.1, 0.15) is 12.8 Å². The summed E-state index contributed by atoms with van der Waals surface area (Å²) in [6, 6.07) is 0. The van der Waals surface area contributed by atoms with Crippen molar-refractivity contribution in [2.75, 3.05) is 26.8 Å². The van der Waals surface area contributed by atoms with Crippen LogP contribution in [0.2, 0.25) is 0 Å². The number of likely N-dealkylation sites (N-methyl/N-ethyl adjacent to an activating group) is 1. The maximum atomic E-state index is 12.3. The van der Waals surface area contributed by atoms with E-state index in [-0.39, 0.29) is 6.54 Å². The lowest BCUT2D eigenvalue weighted by atomic mass is 9.95. The van der Waals surface area contributed by atoms with Gasteiger partial charge in [-0.1, -0.05) is 0 Å². The molecule has 0 bridgehead atoms. The molecule has 2 heterocycles. The van der Waals surface area contributed by atoms with Crippen LogP contribution in [0.25, 0.3) is 0 Å². The number of rotatable bonds is 4. The van der Waals surface area contributed by atoms with Crippen molar-refractivity contribution < 1.29 is 18.3 Å². The molecule has 0 aromatic carbocycles. The molecule has 1 aromatic rings. The summed E-state index contributed by atoms with van der Waals surface area (Å²) in [5.74, 6) is 0. The summed E-state index contributed by atoms with van der Waals surface area (Å²) in [5, 5.41) is 10.3. The normalized spacial score (nSPS) is 18.8. The van der Waals surface area contributed by atoms with E-state index in [1.807, 2.05) is 4.98 Å². The predicted octanol–water partition coefficient (Wildman–Crippen LogP) is -1.77. The fourth-order valence-electron chi connectivity index (χ4n) is 2.17. The number of sulfonamides is 1. The number of H-pyrrole nitrogens is 2. The molecule has 21 heavy (non-hydrogen) atoms. The van der Waals surface area contributed by atoms with E-state index in [0.29, 0.717) is 26.1 Å². The molecule has 0 radical (unpaired) electrons. The van der Waals surface area contributed by atoms with Crippen LogP contribution in [0.4, 0.5) is 0 Å². The van der Waals surface area contributed by atoms with Crippen LogP contribution in [0, 0.1) is 0 Å². The molecular weight excluding hydrogens is 302 g/mol. The molecule has 0 unspecified atom stereocenters. The van der Waals surface area contributed by atoms with Gasteiger partial charge in [0.1, 0.15) is 0 Å². The average molecular weight is 319 g/mol. The fraction of sp³-hybridized carbons (Fsp3) is 0.636. The minimum atomic E-state index is -4.11. The van der Waals surface area contributed by atoms with Crippen LogP contribution in [-0.2, 0) is 14.8 Å². The van der Waals surface area contributed by atoms with Crippen molar-refractivity contribution in [2.45, 2.75) is 23.3 Å². The summed E-state index contributed by atoms with van der Waals surface area (Å²) >= 11 is 0. The lowest BCUT2D eigenvalue weighted by molar-refractivity contribution is -0.0689. The molecule has 2 rings (SSSR count). The molecule has 1 fully saturated rings. The van der Waals surface area contributed by atoms with E-state index in [9.17, 15) is 23.1 Å². The first-order valence-corrected chi connectivity index (χ1v) is 7.77. The largest absolute Gasteiger partial charge is 0.388 e. The number of aromatic nitrogens is 2. The fourth-order valence-corrected chi connectivity index (χ4v) is 3.41. The second-order valence-electron chi connectivity index (χ2n) is 5.03. The second-order valence-corrected chi connectivity index (χ2v) is 7.05. The van der Waals surface area contributed by atoms with Gasteiger partial charge < -0.3 is 14.8 Å². The minimum Gasteiger partial charge on any atom is -0.388 e. The summed E-state index contributed by atoms with van der Waals surface area (Å²) in [5.41, 5.74) is -2.97. The summed E-state index contributed by atoms with van der Waals surface area (Å²) in [7, 11) is -2.83. The zero-order valence-corrected chi connectivity index (χ0v) is 12.3. The van der Waals surface area contributed by atoms with E-state index in [0.717, 1.165) is 10.5 Å². The highest BCUT2D eigenvalue weighted by Crippen LogP contribution is 2.23. The Hall–Kier alpha value is -1.49. The summed E-state index contributed by atoms with van der Waals surface area (Å²) in [6.07, 6.45) is 1.48. The molecule has 1 aromatic heterocycles. The van der Waals surface area contributed by atoms with Crippen molar-refractivity contribution in [3.63, 3.8) is 0 Å². The smallest absolute Gasteiger partial charge is 0.325 e. The molecule has 1 aliphatic heterocycles. The molecule has 118 valence electrons. The Kier molecular flexibility index (Phi) is 4.33. The van der Waals surface area contributed by atoms with Crippen molar-refractivity contribution in [3.05, 3.63) is 27.0 Å². The third kappa shape index (κ3) is 3.40. The van der Waals surface area contributed by atoms with E-state index >= 15 is 0 Å². The Morgan fingerprint density at radius 3 is 2.57 bits per heavy atom. The van der Waals surface area contributed by atoms with Crippen molar-refractivity contribution >= 4 is 10.0 Å². The van der Waals surface area contributed by atoms with Crippen molar-refractivity contribution in [1.29, 1.82) is 0 Å². The van der Waals surface area contributed by atoms with Gasteiger partial charge in [-0.15, -0.1) is 0 Å². The van der Waals surface area contributed by atoms with E-state index in [2.05, 4.69) is 4.98 Å².